The number of hydrogen-bond acceptors (Lipinski definition) is 6. The number of halogens is 1. The Bertz CT molecular complexity index is 1130. The molecule has 6 nitrogen and oxygen atoms in total. The molecule has 1 saturated carbocycles. The largest absolute Gasteiger partial charge is 0.431 e. The lowest BCUT2D eigenvalue weighted by atomic mass is 9.85. The highest BCUT2D eigenvalue weighted by Crippen LogP contribution is 2.35. The molecular formula is C22H18FN3O3S. The van der Waals surface area contributed by atoms with Crippen LogP contribution in [0.25, 0.3) is 11.1 Å². The first-order valence-corrected chi connectivity index (χ1v) is 10.3. The maximum atomic E-state index is 13.9. The molecule has 1 N–H and O–H groups in total. The summed E-state index contributed by atoms with van der Waals surface area (Å²) < 4.78 is 19.7. The second kappa shape index (κ2) is 8.51. The van der Waals surface area contributed by atoms with Crippen LogP contribution < -0.4 is 15.1 Å². The Labute approximate surface area is 176 Å². The van der Waals surface area contributed by atoms with Gasteiger partial charge in [0.05, 0.1) is 6.20 Å². The quantitative estimate of drug-likeness (QED) is 0.556. The Morgan fingerprint density at radius 1 is 1.27 bits per heavy atom. The molecule has 0 unspecified atom stereocenters. The van der Waals surface area contributed by atoms with E-state index in [2.05, 4.69) is 10.5 Å². The molecule has 0 saturated heterocycles. The van der Waals surface area contributed by atoms with Crippen LogP contribution in [0.2, 0.25) is 0 Å². The van der Waals surface area contributed by atoms with Crippen LogP contribution in [-0.2, 0) is 4.79 Å². The number of carbonyl (C=O) groups excluding carboxylic acids is 1. The first-order chi connectivity index (χ1) is 14.5. The van der Waals surface area contributed by atoms with E-state index >= 15 is 0 Å². The lowest BCUT2D eigenvalue weighted by molar-refractivity contribution is -0.134. The van der Waals surface area contributed by atoms with Crippen LogP contribution in [0.4, 0.5) is 4.39 Å². The number of hydroxylamine groups is 1. The number of aryl methyl sites for hydroxylation is 1. The summed E-state index contributed by atoms with van der Waals surface area (Å²) in [5.74, 6) is 0.356. The van der Waals surface area contributed by atoms with Crippen molar-refractivity contribution in [3.8, 4) is 33.9 Å². The highest BCUT2D eigenvalue weighted by atomic mass is 32.1. The lowest BCUT2D eigenvalue weighted by Crippen LogP contribution is -2.36. The first kappa shape index (κ1) is 19.9. The van der Waals surface area contributed by atoms with Gasteiger partial charge in [0.15, 0.2) is 5.75 Å². The van der Waals surface area contributed by atoms with Crippen LogP contribution in [0, 0.1) is 30.0 Å². The fourth-order valence-electron chi connectivity index (χ4n) is 3.06. The van der Waals surface area contributed by atoms with Crippen molar-refractivity contribution in [1.29, 1.82) is 5.26 Å². The number of amides is 1. The van der Waals surface area contributed by atoms with Crippen LogP contribution in [0.15, 0.2) is 42.6 Å². The van der Waals surface area contributed by atoms with Crippen LogP contribution in [0.5, 0.6) is 16.7 Å². The molecular weight excluding hydrogens is 405 g/mol. The predicted octanol–water partition coefficient (Wildman–Crippen LogP) is 5.13. The average molecular weight is 423 g/mol. The maximum absolute atomic E-state index is 13.9. The van der Waals surface area contributed by atoms with Crippen molar-refractivity contribution in [2.45, 2.75) is 26.2 Å². The monoisotopic (exact) mass is 423 g/mol. The van der Waals surface area contributed by atoms with Gasteiger partial charge in [0, 0.05) is 11.5 Å². The Kier molecular flexibility index (Phi) is 5.63. The van der Waals surface area contributed by atoms with Crippen LogP contribution >= 0.6 is 11.3 Å². The SMILES string of the molecule is Cc1cc(-c2cc(F)ccc2ONC(=O)C2CCC2)ccc1Oc1ncc(C#N)s1. The van der Waals surface area contributed by atoms with Gasteiger partial charge in [-0.15, -0.1) is 0 Å². The molecule has 0 bridgehead atoms. The first-order valence-electron chi connectivity index (χ1n) is 9.44. The number of benzene rings is 2. The van der Waals surface area contributed by atoms with Gasteiger partial charge in [0.25, 0.3) is 11.1 Å². The van der Waals surface area contributed by atoms with E-state index in [-0.39, 0.29) is 11.8 Å². The third-order valence-corrected chi connectivity index (χ3v) is 5.74. The number of carbonyl (C=O) groups is 1. The number of nitrogens with one attached hydrogen (secondary N) is 1. The number of rotatable bonds is 6. The summed E-state index contributed by atoms with van der Waals surface area (Å²) in [6, 6.07) is 11.5. The molecule has 2 aromatic carbocycles. The molecule has 0 aliphatic heterocycles. The van der Waals surface area contributed by atoms with Crippen molar-refractivity contribution in [3.63, 3.8) is 0 Å². The number of ether oxygens (including phenoxy) is 1. The summed E-state index contributed by atoms with van der Waals surface area (Å²) in [7, 11) is 0. The predicted molar refractivity (Wildman–Crippen MR) is 110 cm³/mol. The highest BCUT2D eigenvalue weighted by molar-refractivity contribution is 7.13. The molecule has 3 aromatic rings. The van der Waals surface area contributed by atoms with Crippen molar-refractivity contribution in [1.82, 2.24) is 10.5 Å². The minimum absolute atomic E-state index is 0.0139. The Morgan fingerprint density at radius 3 is 2.73 bits per heavy atom. The molecule has 1 heterocycles. The topological polar surface area (TPSA) is 84.2 Å². The molecule has 0 radical (unpaired) electrons. The summed E-state index contributed by atoms with van der Waals surface area (Å²) in [6.07, 6.45) is 4.23. The second-order valence-electron chi connectivity index (χ2n) is 7.02. The summed E-state index contributed by atoms with van der Waals surface area (Å²) >= 11 is 1.16. The molecule has 30 heavy (non-hydrogen) atoms. The van der Waals surface area contributed by atoms with Gasteiger partial charge in [-0.25, -0.2) is 9.37 Å². The zero-order chi connectivity index (χ0) is 21.1. The van der Waals surface area contributed by atoms with Gasteiger partial charge in [0.2, 0.25) is 0 Å². The van der Waals surface area contributed by atoms with Crippen molar-refractivity contribution in [2.75, 3.05) is 0 Å². The van der Waals surface area contributed by atoms with Crippen molar-refractivity contribution in [3.05, 3.63) is 58.9 Å². The third-order valence-electron chi connectivity index (χ3n) is 4.96. The molecule has 4 rings (SSSR count). The van der Waals surface area contributed by atoms with Crippen molar-refractivity contribution in [2.24, 2.45) is 5.92 Å². The molecule has 1 amide bonds. The van der Waals surface area contributed by atoms with Crippen LogP contribution in [0.3, 0.4) is 0 Å². The molecule has 1 fully saturated rings. The van der Waals surface area contributed by atoms with E-state index in [1.54, 1.807) is 12.1 Å². The van der Waals surface area contributed by atoms with E-state index < -0.39 is 5.82 Å². The van der Waals surface area contributed by atoms with Crippen LogP contribution in [0.1, 0.15) is 29.7 Å². The number of hydrogen-bond donors (Lipinski definition) is 1. The number of aromatic nitrogens is 1. The minimum Gasteiger partial charge on any atom is -0.431 e. The van der Waals surface area contributed by atoms with Crippen LogP contribution in [-0.4, -0.2) is 10.9 Å². The number of nitrogens with zero attached hydrogens (tertiary/aromatic N) is 2. The number of thiazole rings is 1. The van der Waals surface area contributed by atoms with Gasteiger partial charge in [-0.05, 0) is 61.2 Å². The van der Waals surface area contributed by atoms with Gasteiger partial charge in [-0.1, -0.05) is 23.8 Å². The summed E-state index contributed by atoms with van der Waals surface area (Å²) in [4.78, 5) is 22.1. The molecule has 1 aliphatic carbocycles. The maximum Gasteiger partial charge on any atom is 0.279 e. The zero-order valence-corrected chi connectivity index (χ0v) is 17.0. The fourth-order valence-corrected chi connectivity index (χ4v) is 3.63. The lowest BCUT2D eigenvalue weighted by Gasteiger charge is -2.24. The van der Waals surface area contributed by atoms with E-state index in [0.29, 0.717) is 32.7 Å². The van der Waals surface area contributed by atoms with Gasteiger partial charge in [-0.3, -0.25) is 4.79 Å². The molecule has 8 heteroatoms. The minimum atomic E-state index is -0.410. The normalized spacial score (nSPS) is 13.2. The Balaban J connectivity index is 1.55. The van der Waals surface area contributed by atoms with Gasteiger partial charge < -0.3 is 9.57 Å². The van der Waals surface area contributed by atoms with Gasteiger partial charge in [0.1, 0.15) is 22.5 Å². The fraction of sp³-hybridized carbons (Fsp3) is 0.227. The molecule has 1 aliphatic rings. The van der Waals surface area contributed by atoms with Crippen molar-refractivity contribution >= 4 is 17.2 Å². The van der Waals surface area contributed by atoms with Gasteiger partial charge >= 0.3 is 0 Å². The van der Waals surface area contributed by atoms with E-state index in [4.69, 9.17) is 14.8 Å². The standard InChI is InChI=1S/C22H18FN3O3S/c1-13-9-15(5-7-19(13)28-22-25-12-17(11-24)30-22)18-10-16(23)6-8-20(18)29-26-21(27)14-3-2-4-14/h5-10,12,14H,2-4H2,1H3,(H,26,27). The average Bonchev–Trinajstić information content (AvgIpc) is 3.15. The molecule has 152 valence electrons. The summed E-state index contributed by atoms with van der Waals surface area (Å²) in [5, 5.41) is 9.28. The molecule has 0 spiro atoms. The van der Waals surface area contributed by atoms with Crippen molar-refractivity contribution < 1.29 is 18.8 Å². The second-order valence-corrected chi connectivity index (χ2v) is 8.01. The third kappa shape index (κ3) is 4.26. The summed E-state index contributed by atoms with van der Waals surface area (Å²) in [5.41, 5.74) is 4.50. The van der Waals surface area contributed by atoms with E-state index in [1.807, 2.05) is 19.1 Å². The number of nitriles is 1. The zero-order valence-electron chi connectivity index (χ0n) is 16.1. The summed E-state index contributed by atoms with van der Waals surface area (Å²) in [6.45, 7) is 1.86. The molecule has 0 atom stereocenters. The van der Waals surface area contributed by atoms with E-state index in [9.17, 15) is 9.18 Å². The van der Waals surface area contributed by atoms with E-state index in [1.165, 1.54) is 24.4 Å². The van der Waals surface area contributed by atoms with Gasteiger partial charge in [-0.2, -0.15) is 10.7 Å². The molecule has 1 aromatic heterocycles. The smallest absolute Gasteiger partial charge is 0.279 e. The Morgan fingerprint density at radius 2 is 2.07 bits per heavy atom. The Hall–Kier alpha value is -3.44. The highest BCUT2D eigenvalue weighted by Gasteiger charge is 2.26. The van der Waals surface area contributed by atoms with E-state index in [0.717, 1.165) is 36.2 Å².